The molecule has 1 aromatic carbocycles. The third kappa shape index (κ3) is 2.30. The molecule has 6 heteroatoms. The van der Waals surface area contributed by atoms with Crippen LogP contribution in [-0.2, 0) is 6.42 Å². The van der Waals surface area contributed by atoms with E-state index in [1.54, 1.807) is 12.1 Å². The van der Waals surface area contributed by atoms with Crippen molar-refractivity contribution in [1.82, 2.24) is 5.32 Å². The first-order chi connectivity index (χ1) is 12.1. The number of rotatable bonds is 2. The highest BCUT2D eigenvalue weighted by Gasteiger charge is 2.52. The average molecular weight is 355 g/mol. The number of allylic oxidation sites excluding steroid dienone is 2. The Morgan fingerprint density at radius 3 is 3.04 bits per heavy atom. The normalized spacial score (nSPS) is 34.2. The van der Waals surface area contributed by atoms with Crippen LogP contribution in [-0.4, -0.2) is 22.6 Å². The van der Waals surface area contributed by atoms with Crippen LogP contribution in [0.1, 0.15) is 24.8 Å². The first-order valence-electron chi connectivity index (χ1n) is 9.14. The molecule has 2 bridgehead atoms. The minimum Gasteiger partial charge on any atom is -0.359 e. The lowest BCUT2D eigenvalue weighted by molar-refractivity contribution is -0.384. The first kappa shape index (κ1) is 15.3. The van der Waals surface area contributed by atoms with Gasteiger partial charge in [0, 0.05) is 30.4 Å². The number of non-ortho nitro benzene ring substituents is 1. The summed E-state index contributed by atoms with van der Waals surface area (Å²) in [5, 5.41) is 15.4. The molecule has 0 aromatic heterocycles. The second-order valence-corrected chi connectivity index (χ2v) is 8.21. The van der Waals surface area contributed by atoms with E-state index in [2.05, 4.69) is 22.4 Å². The molecule has 0 unspecified atom stereocenters. The molecule has 1 aromatic rings. The largest absolute Gasteiger partial charge is 0.359 e. The van der Waals surface area contributed by atoms with Crippen molar-refractivity contribution < 1.29 is 4.92 Å². The van der Waals surface area contributed by atoms with Gasteiger partial charge in [-0.2, -0.15) is 0 Å². The van der Waals surface area contributed by atoms with Crippen molar-refractivity contribution in [1.29, 1.82) is 0 Å². The summed E-state index contributed by atoms with van der Waals surface area (Å²) in [6.45, 7) is 0.801. The Bertz CT molecular complexity index is 793. The maximum absolute atomic E-state index is 11.0. The predicted molar refractivity (Wildman–Crippen MR) is 101 cm³/mol. The van der Waals surface area contributed by atoms with Crippen LogP contribution in [0.2, 0.25) is 0 Å². The monoisotopic (exact) mass is 355 g/mol. The molecule has 1 heterocycles. The number of nitrogens with zero attached hydrogens (tertiary/aromatic N) is 2. The number of hydrogen-bond donors (Lipinski definition) is 1. The minimum absolute atomic E-state index is 0.159. The molecule has 0 amide bonds. The average Bonchev–Trinajstić information content (AvgIpc) is 3.34. The SMILES string of the molecule is O=[N+]([O-])c1ccc2c(c1)CCN2C(=S)N[C@@H]1C[C@H]2C[C@H]1[C@@H]1C=CC[C@H]21. The Kier molecular flexibility index (Phi) is 3.39. The van der Waals surface area contributed by atoms with E-state index in [4.69, 9.17) is 12.2 Å². The van der Waals surface area contributed by atoms with Crippen LogP contribution in [0.4, 0.5) is 11.4 Å². The molecule has 2 fully saturated rings. The summed E-state index contributed by atoms with van der Waals surface area (Å²) >= 11 is 5.71. The molecule has 0 spiro atoms. The van der Waals surface area contributed by atoms with Crippen molar-refractivity contribution >= 4 is 28.7 Å². The van der Waals surface area contributed by atoms with Gasteiger partial charge in [0.25, 0.3) is 5.69 Å². The summed E-state index contributed by atoms with van der Waals surface area (Å²) in [6.07, 6.45) is 9.43. The zero-order chi connectivity index (χ0) is 17.1. The fourth-order valence-corrected chi connectivity index (χ4v) is 6.00. The second kappa shape index (κ2) is 5.53. The molecule has 1 N–H and O–H groups in total. The summed E-state index contributed by atoms with van der Waals surface area (Å²) in [6, 6.07) is 5.57. The van der Waals surface area contributed by atoms with Gasteiger partial charge in [-0.15, -0.1) is 0 Å². The van der Waals surface area contributed by atoms with Gasteiger partial charge in [-0.1, -0.05) is 12.2 Å². The van der Waals surface area contributed by atoms with Crippen molar-refractivity contribution in [3.8, 4) is 0 Å². The number of thiocarbonyl (C=S) groups is 1. The van der Waals surface area contributed by atoms with E-state index in [1.807, 2.05) is 6.07 Å². The smallest absolute Gasteiger partial charge is 0.269 e. The Hall–Kier alpha value is -1.95. The molecule has 3 aliphatic carbocycles. The fraction of sp³-hybridized carbons (Fsp3) is 0.526. The van der Waals surface area contributed by atoms with Crippen molar-refractivity contribution in [3.63, 3.8) is 0 Å². The molecule has 5 rings (SSSR count). The van der Waals surface area contributed by atoms with Crippen LogP contribution in [0.15, 0.2) is 30.4 Å². The van der Waals surface area contributed by atoms with E-state index in [0.29, 0.717) is 12.0 Å². The number of nitro groups is 1. The van der Waals surface area contributed by atoms with Gasteiger partial charge in [-0.05, 0) is 73.2 Å². The predicted octanol–water partition coefficient (Wildman–Crippen LogP) is 3.43. The van der Waals surface area contributed by atoms with Crippen LogP contribution in [0.5, 0.6) is 0 Å². The molecule has 0 radical (unpaired) electrons. The van der Waals surface area contributed by atoms with Crippen LogP contribution in [0, 0.1) is 33.8 Å². The van der Waals surface area contributed by atoms with E-state index in [9.17, 15) is 10.1 Å². The molecular formula is C19H21N3O2S. The van der Waals surface area contributed by atoms with Gasteiger partial charge in [0.15, 0.2) is 5.11 Å². The molecule has 0 saturated heterocycles. The van der Waals surface area contributed by atoms with Crippen LogP contribution in [0.3, 0.4) is 0 Å². The molecule has 25 heavy (non-hydrogen) atoms. The lowest BCUT2D eigenvalue weighted by Gasteiger charge is -2.34. The molecule has 130 valence electrons. The highest BCUT2D eigenvalue weighted by Crippen LogP contribution is 2.56. The molecule has 1 aliphatic heterocycles. The fourth-order valence-electron chi connectivity index (χ4n) is 5.66. The van der Waals surface area contributed by atoms with Gasteiger partial charge in [-0.25, -0.2) is 0 Å². The van der Waals surface area contributed by atoms with Crippen molar-refractivity contribution in [2.45, 2.75) is 31.7 Å². The molecule has 5 nitrogen and oxygen atoms in total. The topological polar surface area (TPSA) is 58.4 Å². The summed E-state index contributed by atoms with van der Waals surface area (Å²) < 4.78 is 0. The standard InChI is InChI=1S/C19H21N3O2S/c23-22(24)13-4-5-18-11(8-13)6-7-21(18)19(25)20-17-10-12-9-16(17)15-3-1-2-14(12)15/h1,3-5,8,12,14-17H,2,6-7,9-10H2,(H,20,25)/t12-,14-,15-,16+,17-/m1/s1. The van der Waals surface area contributed by atoms with Gasteiger partial charge in [0.1, 0.15) is 0 Å². The zero-order valence-electron chi connectivity index (χ0n) is 13.9. The first-order valence-corrected chi connectivity index (χ1v) is 9.54. The van der Waals surface area contributed by atoms with Gasteiger partial charge in [0.05, 0.1) is 4.92 Å². The zero-order valence-corrected chi connectivity index (χ0v) is 14.7. The number of nitro benzene ring substituents is 1. The molecule has 4 aliphatic rings. The summed E-state index contributed by atoms with van der Waals surface area (Å²) in [5.74, 6) is 3.18. The quantitative estimate of drug-likeness (QED) is 0.381. The lowest BCUT2D eigenvalue weighted by atomic mass is 9.79. The van der Waals surface area contributed by atoms with E-state index in [-0.39, 0.29) is 10.6 Å². The van der Waals surface area contributed by atoms with Crippen molar-refractivity contribution in [2.24, 2.45) is 23.7 Å². The third-order valence-electron chi connectivity index (χ3n) is 6.73. The summed E-state index contributed by atoms with van der Waals surface area (Å²) in [5.41, 5.74) is 2.20. The maximum atomic E-state index is 11.0. The van der Waals surface area contributed by atoms with Crippen LogP contribution in [0.25, 0.3) is 0 Å². The van der Waals surface area contributed by atoms with E-state index < -0.39 is 0 Å². The maximum Gasteiger partial charge on any atom is 0.269 e. The highest BCUT2D eigenvalue weighted by atomic mass is 32.1. The van der Waals surface area contributed by atoms with E-state index in [0.717, 1.165) is 47.1 Å². The summed E-state index contributed by atoms with van der Waals surface area (Å²) in [7, 11) is 0. The molecule has 2 saturated carbocycles. The Morgan fingerprint density at radius 2 is 2.20 bits per heavy atom. The van der Waals surface area contributed by atoms with Gasteiger partial charge >= 0.3 is 0 Å². The Labute approximate surface area is 152 Å². The van der Waals surface area contributed by atoms with Crippen molar-refractivity contribution in [3.05, 3.63) is 46.0 Å². The lowest BCUT2D eigenvalue weighted by Crippen LogP contribution is -2.48. The van der Waals surface area contributed by atoms with Crippen LogP contribution >= 0.6 is 12.2 Å². The third-order valence-corrected chi connectivity index (χ3v) is 7.07. The Morgan fingerprint density at radius 1 is 1.32 bits per heavy atom. The molecule has 5 atom stereocenters. The number of nitrogens with one attached hydrogen (secondary N) is 1. The number of fused-ring (bicyclic) bond motifs is 6. The second-order valence-electron chi connectivity index (χ2n) is 7.83. The Balaban J connectivity index is 1.31. The van der Waals surface area contributed by atoms with E-state index >= 15 is 0 Å². The number of hydrogen-bond acceptors (Lipinski definition) is 3. The number of anilines is 1. The van der Waals surface area contributed by atoms with Crippen molar-refractivity contribution in [2.75, 3.05) is 11.4 Å². The minimum atomic E-state index is -0.333. The molecular weight excluding hydrogens is 334 g/mol. The van der Waals surface area contributed by atoms with Gasteiger partial charge in [-0.3, -0.25) is 10.1 Å². The van der Waals surface area contributed by atoms with E-state index in [1.165, 1.54) is 19.3 Å². The number of benzene rings is 1. The van der Waals surface area contributed by atoms with Gasteiger partial charge < -0.3 is 10.2 Å². The highest BCUT2D eigenvalue weighted by molar-refractivity contribution is 7.80. The van der Waals surface area contributed by atoms with Crippen LogP contribution < -0.4 is 10.2 Å². The summed E-state index contributed by atoms with van der Waals surface area (Å²) in [4.78, 5) is 12.7. The van der Waals surface area contributed by atoms with Gasteiger partial charge in [0.2, 0.25) is 0 Å².